The molecule has 2 heterocycles. The summed E-state index contributed by atoms with van der Waals surface area (Å²) in [5, 5.41) is 11.3. The molecule has 7 nitrogen and oxygen atoms in total. The number of ether oxygens (including phenoxy) is 1. The van der Waals surface area contributed by atoms with Crippen LogP contribution >= 0.6 is 0 Å². The van der Waals surface area contributed by atoms with Gasteiger partial charge in [0.2, 0.25) is 5.95 Å². The molecule has 1 amide bonds. The van der Waals surface area contributed by atoms with E-state index in [-0.39, 0.29) is 17.3 Å². The van der Waals surface area contributed by atoms with Crippen LogP contribution in [0.4, 0.5) is 10.3 Å². The first-order valence-electron chi connectivity index (χ1n) is 12.2. The number of unbranched alkanes of at least 4 members (excludes halogenated alkanes) is 2. The largest absolute Gasteiger partial charge is 0.507 e. The normalized spacial score (nSPS) is 17.0. The third-order valence-electron chi connectivity index (χ3n) is 6.36. The molecule has 4 aromatic rings. The smallest absolute Gasteiger partial charge is 0.302 e. The van der Waals surface area contributed by atoms with Gasteiger partial charge in [-0.25, -0.2) is 9.37 Å². The van der Waals surface area contributed by atoms with E-state index in [4.69, 9.17) is 4.74 Å². The maximum Gasteiger partial charge on any atom is 0.302 e. The highest BCUT2D eigenvalue weighted by atomic mass is 19.1. The second kappa shape index (κ2) is 10.3. The predicted octanol–water partition coefficient (Wildman–Crippen LogP) is 5.90. The molecule has 0 saturated carbocycles. The second-order valence-corrected chi connectivity index (χ2v) is 8.88. The van der Waals surface area contributed by atoms with Gasteiger partial charge in [0.05, 0.1) is 29.3 Å². The Bertz CT molecular complexity index is 1480. The Kier molecular flexibility index (Phi) is 6.72. The van der Waals surface area contributed by atoms with Crippen LogP contribution in [0.5, 0.6) is 5.75 Å². The van der Waals surface area contributed by atoms with Crippen LogP contribution in [0.3, 0.4) is 0 Å². The molecule has 188 valence electrons. The molecular weight excluding hydrogens is 473 g/mol. The highest BCUT2D eigenvalue weighted by Gasteiger charge is 2.48. The number of aliphatic hydroxyl groups excluding tert-OH is 1. The molecule has 0 spiro atoms. The summed E-state index contributed by atoms with van der Waals surface area (Å²) in [5.74, 6) is -1.69. The summed E-state index contributed by atoms with van der Waals surface area (Å²) < 4.78 is 19.5. The van der Waals surface area contributed by atoms with Crippen molar-refractivity contribution in [2.24, 2.45) is 0 Å². The van der Waals surface area contributed by atoms with E-state index < -0.39 is 23.5 Å². The summed E-state index contributed by atoms with van der Waals surface area (Å²) in [6, 6.07) is 18.8. The van der Waals surface area contributed by atoms with E-state index in [1.165, 1.54) is 23.1 Å². The van der Waals surface area contributed by atoms with E-state index in [1.54, 1.807) is 48.5 Å². The van der Waals surface area contributed by atoms with Crippen molar-refractivity contribution in [3.8, 4) is 5.75 Å². The van der Waals surface area contributed by atoms with Crippen molar-refractivity contribution in [3.63, 3.8) is 0 Å². The van der Waals surface area contributed by atoms with Crippen LogP contribution in [0.1, 0.15) is 43.4 Å². The van der Waals surface area contributed by atoms with Gasteiger partial charge in [-0.1, -0.05) is 50.1 Å². The van der Waals surface area contributed by atoms with E-state index in [2.05, 4.69) is 16.9 Å². The maximum absolute atomic E-state index is 13.8. The number of amides is 1. The van der Waals surface area contributed by atoms with Crippen LogP contribution in [0.25, 0.3) is 16.8 Å². The Morgan fingerprint density at radius 2 is 1.81 bits per heavy atom. The molecule has 1 aliphatic rings. The SMILES string of the molecule is CCCCCOc1ccc(/C(O)=C2\C(=O)C(=O)N(c3nc4ccc(F)cc4[nH]3)C2c2ccccc2)cc1. The fourth-order valence-electron chi connectivity index (χ4n) is 4.49. The number of hydrogen-bond donors (Lipinski definition) is 2. The molecule has 1 atom stereocenters. The minimum absolute atomic E-state index is 0.0561. The molecule has 1 saturated heterocycles. The molecule has 3 aromatic carbocycles. The molecule has 37 heavy (non-hydrogen) atoms. The Morgan fingerprint density at radius 3 is 2.54 bits per heavy atom. The number of aliphatic hydroxyl groups is 1. The zero-order chi connectivity index (χ0) is 25.9. The number of ketones is 1. The van der Waals surface area contributed by atoms with E-state index in [1.807, 2.05) is 6.07 Å². The zero-order valence-electron chi connectivity index (χ0n) is 20.3. The van der Waals surface area contributed by atoms with Crippen LogP contribution in [0.2, 0.25) is 0 Å². The Labute approximate surface area is 213 Å². The molecule has 1 aliphatic heterocycles. The molecule has 5 rings (SSSR count). The topological polar surface area (TPSA) is 95.5 Å². The quantitative estimate of drug-likeness (QED) is 0.136. The number of hydrogen-bond acceptors (Lipinski definition) is 5. The number of benzene rings is 3. The summed E-state index contributed by atoms with van der Waals surface area (Å²) in [6.07, 6.45) is 3.13. The first-order valence-corrected chi connectivity index (χ1v) is 12.2. The number of Topliss-reactive ketones (excluding diaryl/α,β-unsaturated/α-hetero) is 1. The summed E-state index contributed by atoms with van der Waals surface area (Å²) in [5.41, 5.74) is 1.77. The van der Waals surface area contributed by atoms with E-state index >= 15 is 0 Å². The summed E-state index contributed by atoms with van der Waals surface area (Å²) in [4.78, 5) is 35.2. The van der Waals surface area contributed by atoms with Gasteiger partial charge in [0, 0.05) is 5.56 Å². The summed E-state index contributed by atoms with van der Waals surface area (Å²) in [7, 11) is 0. The van der Waals surface area contributed by atoms with Crippen LogP contribution in [-0.2, 0) is 9.59 Å². The molecule has 0 bridgehead atoms. The van der Waals surface area contributed by atoms with E-state index in [0.29, 0.717) is 34.5 Å². The molecular formula is C29H26FN3O4. The highest BCUT2D eigenvalue weighted by Crippen LogP contribution is 2.41. The van der Waals surface area contributed by atoms with Crippen LogP contribution in [-0.4, -0.2) is 33.4 Å². The lowest BCUT2D eigenvalue weighted by Gasteiger charge is -2.23. The summed E-state index contributed by atoms with van der Waals surface area (Å²) in [6.45, 7) is 2.72. The van der Waals surface area contributed by atoms with Gasteiger partial charge < -0.3 is 14.8 Å². The summed E-state index contributed by atoms with van der Waals surface area (Å²) >= 11 is 0. The Balaban J connectivity index is 1.55. The molecule has 0 radical (unpaired) electrons. The first kappa shape index (κ1) is 24.2. The molecule has 1 aromatic heterocycles. The van der Waals surface area contributed by atoms with Gasteiger partial charge in [-0.05, 0) is 54.4 Å². The number of nitrogens with zero attached hydrogens (tertiary/aromatic N) is 2. The van der Waals surface area contributed by atoms with Gasteiger partial charge in [0.15, 0.2) is 0 Å². The lowest BCUT2D eigenvalue weighted by molar-refractivity contribution is -0.132. The van der Waals surface area contributed by atoms with Gasteiger partial charge in [-0.15, -0.1) is 0 Å². The number of anilines is 1. The number of imidazole rings is 1. The van der Waals surface area contributed by atoms with Gasteiger partial charge >= 0.3 is 5.91 Å². The third kappa shape index (κ3) is 4.70. The Morgan fingerprint density at radius 1 is 1.05 bits per heavy atom. The number of fused-ring (bicyclic) bond motifs is 1. The minimum atomic E-state index is -0.934. The number of aromatic amines is 1. The maximum atomic E-state index is 13.8. The van der Waals surface area contributed by atoms with E-state index in [9.17, 15) is 19.1 Å². The molecule has 1 unspecified atom stereocenters. The predicted molar refractivity (Wildman–Crippen MR) is 139 cm³/mol. The standard InChI is InChI=1S/C29H26FN3O4/c1-2-3-7-16-37-21-13-10-19(11-14-21)26(34)24-25(18-8-5-4-6-9-18)33(28(36)27(24)35)29-31-22-15-12-20(30)17-23(22)32-29/h4-6,8-15,17,25,34H,2-3,7,16H2,1H3,(H,31,32)/b26-24+. The lowest BCUT2D eigenvalue weighted by atomic mass is 9.95. The lowest BCUT2D eigenvalue weighted by Crippen LogP contribution is -2.30. The molecule has 0 aliphatic carbocycles. The number of carbonyl (C=O) groups excluding carboxylic acids is 2. The molecule has 8 heteroatoms. The first-order chi connectivity index (χ1) is 18.0. The van der Waals surface area contributed by atoms with Crippen molar-refractivity contribution >= 4 is 34.4 Å². The zero-order valence-corrected chi connectivity index (χ0v) is 20.3. The number of aromatic nitrogens is 2. The fourth-order valence-corrected chi connectivity index (χ4v) is 4.49. The van der Waals surface area contributed by atoms with Crippen LogP contribution in [0.15, 0.2) is 78.4 Å². The average molecular weight is 500 g/mol. The van der Waals surface area contributed by atoms with Crippen molar-refractivity contribution in [1.82, 2.24) is 9.97 Å². The molecule has 2 N–H and O–H groups in total. The van der Waals surface area contributed by atoms with Gasteiger partial charge in [0.25, 0.3) is 5.78 Å². The Hall–Kier alpha value is -4.46. The highest BCUT2D eigenvalue weighted by molar-refractivity contribution is 6.51. The van der Waals surface area contributed by atoms with Crippen molar-refractivity contribution in [2.45, 2.75) is 32.2 Å². The average Bonchev–Trinajstić information content (AvgIpc) is 3.44. The van der Waals surface area contributed by atoms with Gasteiger partial charge in [0.1, 0.15) is 17.3 Å². The van der Waals surface area contributed by atoms with Crippen molar-refractivity contribution in [2.75, 3.05) is 11.5 Å². The van der Waals surface area contributed by atoms with Crippen LogP contribution in [0, 0.1) is 5.82 Å². The van der Waals surface area contributed by atoms with Crippen molar-refractivity contribution < 1.29 is 23.8 Å². The second-order valence-electron chi connectivity index (χ2n) is 8.88. The van der Waals surface area contributed by atoms with Gasteiger partial charge in [-0.2, -0.15) is 0 Å². The number of halogens is 1. The number of carbonyl (C=O) groups is 2. The monoisotopic (exact) mass is 499 g/mol. The van der Waals surface area contributed by atoms with E-state index in [0.717, 1.165) is 19.3 Å². The number of H-pyrrole nitrogens is 1. The van der Waals surface area contributed by atoms with Gasteiger partial charge in [-0.3, -0.25) is 14.5 Å². The fraction of sp³-hybridized carbons (Fsp3) is 0.207. The van der Waals surface area contributed by atoms with Crippen molar-refractivity contribution in [1.29, 1.82) is 0 Å². The minimum Gasteiger partial charge on any atom is -0.507 e. The van der Waals surface area contributed by atoms with Crippen LogP contribution < -0.4 is 9.64 Å². The number of nitrogens with one attached hydrogen (secondary N) is 1. The third-order valence-corrected chi connectivity index (χ3v) is 6.36. The van der Waals surface area contributed by atoms with Crippen molar-refractivity contribution in [3.05, 3.63) is 95.3 Å². The molecule has 1 fully saturated rings. The number of rotatable bonds is 8.